The number of ether oxygens (including phenoxy) is 1. The number of halogens is 1. The molecule has 0 atom stereocenters. The van der Waals surface area contributed by atoms with E-state index in [9.17, 15) is 9.18 Å². The van der Waals surface area contributed by atoms with Crippen LogP contribution in [-0.2, 0) is 11.2 Å². The number of carbonyl (C=O) groups excluding carboxylic acids is 1. The lowest BCUT2D eigenvalue weighted by Crippen LogP contribution is -2.40. The summed E-state index contributed by atoms with van der Waals surface area (Å²) >= 11 is 0. The van der Waals surface area contributed by atoms with Crippen molar-refractivity contribution >= 4 is 16.8 Å². The van der Waals surface area contributed by atoms with Crippen molar-refractivity contribution in [2.45, 2.75) is 19.3 Å². The smallest absolute Gasteiger partial charge is 0.227 e. The second kappa shape index (κ2) is 7.82. The van der Waals surface area contributed by atoms with Gasteiger partial charge in [0.2, 0.25) is 5.91 Å². The molecular formula is C22H23FN2O2. The molecule has 1 saturated heterocycles. The van der Waals surface area contributed by atoms with E-state index in [1.54, 1.807) is 18.2 Å². The van der Waals surface area contributed by atoms with Crippen LogP contribution >= 0.6 is 0 Å². The number of piperidine rings is 1. The molecule has 0 unspecified atom stereocenters. The molecule has 2 heterocycles. The lowest BCUT2D eigenvalue weighted by atomic mass is 9.97. The maximum absolute atomic E-state index is 13.6. The van der Waals surface area contributed by atoms with Gasteiger partial charge in [-0.05, 0) is 42.5 Å². The van der Waals surface area contributed by atoms with E-state index in [-0.39, 0.29) is 11.7 Å². The van der Waals surface area contributed by atoms with Crippen molar-refractivity contribution in [2.24, 2.45) is 5.92 Å². The Morgan fingerprint density at radius 3 is 2.67 bits per heavy atom. The number of aromatic nitrogens is 1. The molecule has 1 aliphatic heterocycles. The highest BCUT2D eigenvalue weighted by Crippen LogP contribution is 2.23. The van der Waals surface area contributed by atoms with Gasteiger partial charge in [0.05, 0.1) is 13.0 Å². The summed E-state index contributed by atoms with van der Waals surface area (Å²) in [5.41, 5.74) is 2.10. The molecule has 2 aromatic carbocycles. The molecule has 1 aromatic heterocycles. The highest BCUT2D eigenvalue weighted by atomic mass is 19.1. The minimum Gasteiger partial charge on any atom is -0.490 e. The predicted octanol–water partition coefficient (Wildman–Crippen LogP) is 4.17. The molecule has 1 fully saturated rings. The molecule has 0 spiro atoms. The van der Waals surface area contributed by atoms with Crippen molar-refractivity contribution in [3.63, 3.8) is 0 Å². The number of hydrogen-bond donors (Lipinski definition) is 1. The summed E-state index contributed by atoms with van der Waals surface area (Å²) in [4.78, 5) is 17.8. The van der Waals surface area contributed by atoms with Crippen LogP contribution in [0.5, 0.6) is 5.75 Å². The maximum Gasteiger partial charge on any atom is 0.227 e. The lowest BCUT2D eigenvalue weighted by Gasteiger charge is -2.32. The molecule has 3 aromatic rings. The molecular weight excluding hydrogens is 343 g/mol. The first kappa shape index (κ1) is 17.6. The lowest BCUT2D eigenvalue weighted by molar-refractivity contribution is -0.132. The molecule has 140 valence electrons. The van der Waals surface area contributed by atoms with E-state index >= 15 is 0 Å². The van der Waals surface area contributed by atoms with Gasteiger partial charge in [-0.25, -0.2) is 4.39 Å². The SMILES string of the molecule is O=C(Cc1c[nH]c2ccccc12)N1CCC(COc2ccccc2F)CC1. The quantitative estimate of drug-likeness (QED) is 0.737. The summed E-state index contributed by atoms with van der Waals surface area (Å²) in [5, 5.41) is 1.11. The van der Waals surface area contributed by atoms with Crippen LogP contribution in [0.4, 0.5) is 4.39 Å². The highest BCUT2D eigenvalue weighted by Gasteiger charge is 2.24. The summed E-state index contributed by atoms with van der Waals surface area (Å²) in [6, 6.07) is 14.5. The number of fused-ring (bicyclic) bond motifs is 1. The Kier molecular flexibility index (Phi) is 5.10. The zero-order valence-corrected chi connectivity index (χ0v) is 15.2. The number of rotatable bonds is 5. The van der Waals surface area contributed by atoms with Gasteiger partial charge in [-0.1, -0.05) is 30.3 Å². The van der Waals surface area contributed by atoms with Crippen LogP contribution in [0.25, 0.3) is 10.9 Å². The fourth-order valence-electron chi connectivity index (χ4n) is 3.67. The Morgan fingerprint density at radius 2 is 1.85 bits per heavy atom. The van der Waals surface area contributed by atoms with E-state index in [0.717, 1.165) is 42.4 Å². The fourth-order valence-corrected chi connectivity index (χ4v) is 3.67. The Bertz CT molecular complexity index is 929. The van der Waals surface area contributed by atoms with Crippen LogP contribution < -0.4 is 4.74 Å². The van der Waals surface area contributed by atoms with Gasteiger partial charge >= 0.3 is 0 Å². The van der Waals surface area contributed by atoms with E-state index in [4.69, 9.17) is 4.74 Å². The number of nitrogens with one attached hydrogen (secondary N) is 1. The Hall–Kier alpha value is -2.82. The number of H-pyrrole nitrogens is 1. The second-order valence-corrected chi connectivity index (χ2v) is 7.10. The minimum absolute atomic E-state index is 0.160. The van der Waals surface area contributed by atoms with Gasteiger partial charge in [0.1, 0.15) is 0 Å². The molecule has 4 rings (SSSR count). The summed E-state index contributed by atoms with van der Waals surface area (Å²) in [7, 11) is 0. The third-order valence-electron chi connectivity index (χ3n) is 5.30. The Labute approximate surface area is 157 Å². The number of carbonyl (C=O) groups is 1. The molecule has 0 radical (unpaired) electrons. The molecule has 1 amide bonds. The Balaban J connectivity index is 1.28. The number of nitrogens with zero attached hydrogens (tertiary/aromatic N) is 1. The van der Waals surface area contributed by atoms with Crippen LogP contribution in [0.1, 0.15) is 18.4 Å². The molecule has 0 aliphatic carbocycles. The second-order valence-electron chi connectivity index (χ2n) is 7.10. The van der Waals surface area contributed by atoms with Crippen LogP contribution in [0.3, 0.4) is 0 Å². The summed E-state index contributed by atoms with van der Waals surface area (Å²) in [6.07, 6.45) is 4.11. The van der Waals surface area contributed by atoms with Gasteiger partial charge < -0.3 is 14.6 Å². The summed E-state index contributed by atoms with van der Waals surface area (Å²) < 4.78 is 19.2. The fraction of sp³-hybridized carbons (Fsp3) is 0.318. The average molecular weight is 366 g/mol. The maximum atomic E-state index is 13.6. The van der Waals surface area contributed by atoms with Crippen LogP contribution in [-0.4, -0.2) is 35.5 Å². The molecule has 0 saturated carbocycles. The molecule has 1 aliphatic rings. The van der Waals surface area contributed by atoms with E-state index in [0.29, 0.717) is 24.7 Å². The largest absolute Gasteiger partial charge is 0.490 e. The number of hydrogen-bond acceptors (Lipinski definition) is 2. The van der Waals surface area contributed by atoms with E-state index in [2.05, 4.69) is 4.98 Å². The molecule has 27 heavy (non-hydrogen) atoms. The monoisotopic (exact) mass is 366 g/mol. The first-order chi connectivity index (χ1) is 13.2. The van der Waals surface area contributed by atoms with Crippen molar-refractivity contribution in [2.75, 3.05) is 19.7 Å². The van der Waals surface area contributed by atoms with Crippen molar-refractivity contribution in [3.8, 4) is 5.75 Å². The van der Waals surface area contributed by atoms with Crippen LogP contribution in [0, 0.1) is 11.7 Å². The van der Waals surface area contributed by atoms with Crippen LogP contribution in [0.15, 0.2) is 54.7 Å². The number of para-hydroxylation sites is 2. The predicted molar refractivity (Wildman–Crippen MR) is 103 cm³/mol. The summed E-state index contributed by atoms with van der Waals surface area (Å²) in [6.45, 7) is 1.95. The van der Waals surface area contributed by atoms with Gasteiger partial charge in [0, 0.05) is 30.2 Å². The van der Waals surface area contributed by atoms with Crippen molar-refractivity contribution < 1.29 is 13.9 Å². The van der Waals surface area contributed by atoms with Gasteiger partial charge in [-0.3, -0.25) is 4.79 Å². The normalized spacial score (nSPS) is 15.2. The zero-order valence-electron chi connectivity index (χ0n) is 15.2. The zero-order chi connectivity index (χ0) is 18.6. The summed E-state index contributed by atoms with van der Waals surface area (Å²) in [5.74, 6) is 0.481. The van der Waals surface area contributed by atoms with Crippen LogP contribution in [0.2, 0.25) is 0 Å². The Morgan fingerprint density at radius 1 is 1.11 bits per heavy atom. The standard InChI is InChI=1S/C22H23FN2O2/c23-19-6-2-4-8-21(19)27-15-16-9-11-25(12-10-16)22(26)13-17-14-24-20-7-3-1-5-18(17)20/h1-8,14,16,24H,9-13,15H2. The van der Waals surface area contributed by atoms with E-state index in [1.165, 1.54) is 6.07 Å². The van der Waals surface area contributed by atoms with Gasteiger partial charge in [-0.2, -0.15) is 0 Å². The van der Waals surface area contributed by atoms with Gasteiger partial charge in [0.15, 0.2) is 11.6 Å². The molecule has 0 bridgehead atoms. The highest BCUT2D eigenvalue weighted by molar-refractivity contribution is 5.88. The number of benzene rings is 2. The van der Waals surface area contributed by atoms with Crippen molar-refractivity contribution in [1.82, 2.24) is 9.88 Å². The third kappa shape index (κ3) is 3.97. The number of aromatic amines is 1. The van der Waals surface area contributed by atoms with Gasteiger partial charge in [-0.15, -0.1) is 0 Å². The third-order valence-corrected chi connectivity index (χ3v) is 5.30. The molecule has 5 heteroatoms. The van der Waals surface area contributed by atoms with Crippen molar-refractivity contribution in [1.29, 1.82) is 0 Å². The topological polar surface area (TPSA) is 45.3 Å². The molecule has 1 N–H and O–H groups in total. The first-order valence-corrected chi connectivity index (χ1v) is 9.41. The first-order valence-electron chi connectivity index (χ1n) is 9.41. The van der Waals surface area contributed by atoms with E-state index < -0.39 is 0 Å². The van der Waals surface area contributed by atoms with E-state index in [1.807, 2.05) is 35.4 Å². The van der Waals surface area contributed by atoms with Crippen molar-refractivity contribution in [3.05, 3.63) is 66.1 Å². The number of likely N-dealkylation sites (tertiary alicyclic amines) is 1. The average Bonchev–Trinajstić information content (AvgIpc) is 3.11. The number of amides is 1. The molecule has 4 nitrogen and oxygen atoms in total. The van der Waals surface area contributed by atoms with Gasteiger partial charge in [0.25, 0.3) is 0 Å². The minimum atomic E-state index is -0.330.